The van der Waals surface area contributed by atoms with Crippen LogP contribution in [0.4, 0.5) is 0 Å². The number of hydrogen-bond acceptors (Lipinski definition) is 4. The first-order valence-electron chi connectivity index (χ1n) is 8.65. The average molecular weight is 382 g/mol. The van der Waals surface area contributed by atoms with Gasteiger partial charge in [0.15, 0.2) is 0 Å². The smallest absolute Gasteiger partial charge is 0.247 e. The Morgan fingerprint density at radius 3 is 2.52 bits per heavy atom. The number of rotatable bonds is 6. The van der Waals surface area contributed by atoms with Crippen LogP contribution in [0.2, 0.25) is 5.02 Å². The highest BCUT2D eigenvalue weighted by atomic mass is 35.5. The van der Waals surface area contributed by atoms with E-state index in [-0.39, 0.29) is 18.5 Å². The second kappa shape index (κ2) is 8.64. The van der Waals surface area contributed by atoms with Crippen molar-refractivity contribution in [2.45, 2.75) is 26.4 Å². The molecule has 3 aromatic rings. The van der Waals surface area contributed by atoms with Crippen LogP contribution in [0.5, 0.6) is 0 Å². The zero-order valence-corrected chi connectivity index (χ0v) is 15.9. The number of carbonyl (C=O) groups is 1. The van der Waals surface area contributed by atoms with Gasteiger partial charge in [0.1, 0.15) is 6.54 Å². The van der Waals surface area contributed by atoms with Crippen LogP contribution in [-0.2, 0) is 11.3 Å². The molecule has 0 radical (unpaired) electrons. The van der Waals surface area contributed by atoms with Crippen LogP contribution >= 0.6 is 11.6 Å². The van der Waals surface area contributed by atoms with Gasteiger partial charge in [-0.05, 0) is 49.8 Å². The topological polar surface area (TPSA) is 59.2 Å². The van der Waals surface area contributed by atoms with Crippen LogP contribution in [0, 0.1) is 0 Å². The summed E-state index contributed by atoms with van der Waals surface area (Å²) in [7, 11) is 0. The van der Waals surface area contributed by atoms with Crippen molar-refractivity contribution in [3.8, 4) is 11.4 Å². The number of benzene rings is 2. The summed E-state index contributed by atoms with van der Waals surface area (Å²) in [5.41, 5.74) is 1.78. The van der Waals surface area contributed by atoms with Gasteiger partial charge in [-0.3, -0.25) is 4.79 Å². The number of hydrogen-bond donors (Lipinski definition) is 0. The molecule has 27 heavy (non-hydrogen) atoms. The summed E-state index contributed by atoms with van der Waals surface area (Å²) >= 11 is 5.90. The Balaban J connectivity index is 1.72. The third-order valence-electron chi connectivity index (χ3n) is 4.00. The molecule has 0 spiro atoms. The zero-order chi connectivity index (χ0) is 19.2. The van der Waals surface area contributed by atoms with Gasteiger partial charge >= 0.3 is 0 Å². The zero-order valence-electron chi connectivity index (χ0n) is 15.2. The highest BCUT2D eigenvalue weighted by molar-refractivity contribution is 6.30. The lowest BCUT2D eigenvalue weighted by molar-refractivity contribution is -0.128. The van der Waals surface area contributed by atoms with Gasteiger partial charge in [-0.15, -0.1) is 0 Å². The van der Waals surface area contributed by atoms with E-state index >= 15 is 0 Å². The summed E-state index contributed by atoms with van der Waals surface area (Å²) in [6, 6.07) is 16.9. The van der Waals surface area contributed by atoms with Crippen molar-refractivity contribution in [3.05, 3.63) is 77.2 Å². The highest BCUT2D eigenvalue weighted by Gasteiger charge is 2.19. The highest BCUT2D eigenvalue weighted by Crippen LogP contribution is 2.19. The maximum atomic E-state index is 12.6. The van der Waals surface area contributed by atoms with Crippen LogP contribution in [0.15, 0.2) is 65.2 Å². The average Bonchev–Trinajstić information content (AvgIpc) is 3.14. The van der Waals surface area contributed by atoms with Crippen LogP contribution in [-0.4, -0.2) is 27.0 Å². The molecule has 0 atom stereocenters. The fraction of sp³-hybridized carbons (Fsp3) is 0.190. The van der Waals surface area contributed by atoms with Crippen molar-refractivity contribution >= 4 is 23.6 Å². The molecule has 1 amide bonds. The summed E-state index contributed by atoms with van der Waals surface area (Å²) in [5.74, 6) is 0.743. The van der Waals surface area contributed by atoms with E-state index in [1.807, 2.05) is 56.3 Å². The third-order valence-corrected chi connectivity index (χ3v) is 4.25. The minimum atomic E-state index is -0.111. The molecule has 1 heterocycles. The summed E-state index contributed by atoms with van der Waals surface area (Å²) in [4.78, 5) is 18.7. The Labute approximate surface area is 163 Å². The molecule has 0 fully saturated rings. The monoisotopic (exact) mass is 381 g/mol. The Morgan fingerprint density at radius 2 is 1.85 bits per heavy atom. The minimum Gasteiger partial charge on any atom is -0.337 e. The SMILES string of the molecule is CC(C)N(Cc1nc(-c2ccc(Cl)cc2)no1)C(=O)C=Cc1ccccc1. The first kappa shape index (κ1) is 18.9. The lowest BCUT2D eigenvalue weighted by Crippen LogP contribution is -2.35. The van der Waals surface area contributed by atoms with Gasteiger partial charge in [0.25, 0.3) is 0 Å². The second-order valence-electron chi connectivity index (χ2n) is 6.32. The quantitative estimate of drug-likeness (QED) is 0.573. The summed E-state index contributed by atoms with van der Waals surface area (Å²) in [6.07, 6.45) is 3.36. The number of carbonyl (C=O) groups excluding carboxylic acids is 1. The van der Waals surface area contributed by atoms with Crippen molar-refractivity contribution < 1.29 is 9.32 Å². The molecular formula is C21H20ClN3O2. The third kappa shape index (κ3) is 5.05. The molecule has 0 aliphatic heterocycles. The second-order valence-corrected chi connectivity index (χ2v) is 6.76. The van der Waals surface area contributed by atoms with Gasteiger partial charge in [0, 0.05) is 22.7 Å². The van der Waals surface area contributed by atoms with E-state index in [2.05, 4.69) is 10.1 Å². The Hall–Kier alpha value is -2.92. The summed E-state index contributed by atoms with van der Waals surface area (Å²) in [6.45, 7) is 4.14. The van der Waals surface area contributed by atoms with E-state index in [4.69, 9.17) is 16.1 Å². The summed E-state index contributed by atoms with van der Waals surface area (Å²) < 4.78 is 5.33. The molecule has 0 unspecified atom stereocenters. The van der Waals surface area contributed by atoms with Crippen LogP contribution in [0.1, 0.15) is 25.3 Å². The van der Waals surface area contributed by atoms with E-state index < -0.39 is 0 Å². The predicted molar refractivity (Wildman–Crippen MR) is 106 cm³/mol. The molecule has 0 saturated carbocycles. The van der Waals surface area contributed by atoms with Gasteiger partial charge in [0.05, 0.1) is 0 Å². The van der Waals surface area contributed by atoms with Crippen molar-refractivity contribution in [2.75, 3.05) is 0 Å². The van der Waals surface area contributed by atoms with Crippen molar-refractivity contribution in [1.82, 2.24) is 15.0 Å². The van der Waals surface area contributed by atoms with E-state index in [0.717, 1.165) is 11.1 Å². The molecule has 3 rings (SSSR count). The normalized spacial score (nSPS) is 11.3. The summed E-state index contributed by atoms with van der Waals surface area (Å²) in [5, 5.41) is 4.64. The van der Waals surface area contributed by atoms with Gasteiger partial charge in [-0.2, -0.15) is 4.98 Å². The van der Waals surface area contributed by atoms with Crippen molar-refractivity contribution in [3.63, 3.8) is 0 Å². The van der Waals surface area contributed by atoms with Crippen LogP contribution < -0.4 is 0 Å². The van der Waals surface area contributed by atoms with Gasteiger partial charge in [-0.25, -0.2) is 0 Å². The van der Waals surface area contributed by atoms with Gasteiger partial charge in [0.2, 0.25) is 17.6 Å². The lowest BCUT2D eigenvalue weighted by atomic mass is 10.2. The molecule has 1 aromatic heterocycles. The van der Waals surface area contributed by atoms with Crippen molar-refractivity contribution in [1.29, 1.82) is 0 Å². The number of nitrogens with zero attached hydrogens (tertiary/aromatic N) is 3. The maximum absolute atomic E-state index is 12.6. The Morgan fingerprint density at radius 1 is 1.15 bits per heavy atom. The molecule has 6 heteroatoms. The van der Waals surface area contributed by atoms with E-state index in [1.165, 1.54) is 0 Å². The molecule has 0 aliphatic carbocycles. The largest absolute Gasteiger partial charge is 0.337 e. The van der Waals surface area contributed by atoms with Crippen molar-refractivity contribution in [2.24, 2.45) is 0 Å². The van der Waals surface area contributed by atoms with Gasteiger partial charge in [-0.1, -0.05) is 47.1 Å². The van der Waals surface area contributed by atoms with Gasteiger partial charge < -0.3 is 9.42 Å². The Bertz CT molecular complexity index is 918. The van der Waals surface area contributed by atoms with Crippen LogP contribution in [0.3, 0.4) is 0 Å². The number of amides is 1. The first-order chi connectivity index (χ1) is 13.0. The molecule has 0 N–H and O–H groups in total. The molecule has 2 aromatic carbocycles. The van der Waals surface area contributed by atoms with E-state index in [1.54, 1.807) is 29.2 Å². The standard InChI is InChI=1S/C21H20ClN3O2/c1-15(2)25(20(26)13-8-16-6-4-3-5-7-16)14-19-23-21(24-27-19)17-9-11-18(22)12-10-17/h3-13,15H,14H2,1-2H3. The fourth-order valence-electron chi connectivity index (χ4n) is 2.52. The molecular weight excluding hydrogens is 362 g/mol. The number of aromatic nitrogens is 2. The molecule has 0 aliphatic rings. The lowest BCUT2D eigenvalue weighted by Gasteiger charge is -2.23. The number of halogens is 1. The molecule has 0 saturated heterocycles. The fourth-order valence-corrected chi connectivity index (χ4v) is 2.65. The first-order valence-corrected chi connectivity index (χ1v) is 9.03. The maximum Gasteiger partial charge on any atom is 0.247 e. The van der Waals surface area contributed by atoms with E-state index in [0.29, 0.717) is 16.7 Å². The molecule has 0 bridgehead atoms. The van der Waals surface area contributed by atoms with E-state index in [9.17, 15) is 4.79 Å². The minimum absolute atomic E-state index is 0.0104. The molecule has 138 valence electrons. The van der Waals surface area contributed by atoms with Crippen LogP contribution in [0.25, 0.3) is 17.5 Å². The Kier molecular flexibility index (Phi) is 6.04. The molecule has 5 nitrogen and oxygen atoms in total. The predicted octanol–water partition coefficient (Wildman–Crippen LogP) is 4.84.